The second-order valence-corrected chi connectivity index (χ2v) is 6.63. The number of rotatable bonds is 9. The van der Waals surface area contributed by atoms with Gasteiger partial charge in [0.1, 0.15) is 5.75 Å². The highest BCUT2D eigenvalue weighted by Crippen LogP contribution is 2.24. The van der Waals surface area contributed by atoms with Crippen molar-refractivity contribution in [2.24, 2.45) is 10.2 Å². The third-order valence-electron chi connectivity index (χ3n) is 4.31. The molecular formula is C23H25N3O3. The molecule has 150 valence electrons. The van der Waals surface area contributed by atoms with Gasteiger partial charge in [0.15, 0.2) is 0 Å². The first-order valence-electron chi connectivity index (χ1n) is 9.69. The number of amides is 2. The van der Waals surface area contributed by atoms with Crippen molar-refractivity contribution in [3.8, 4) is 18.1 Å². The molecule has 2 aromatic carbocycles. The van der Waals surface area contributed by atoms with Crippen LogP contribution in [0.5, 0.6) is 5.75 Å². The molecule has 0 atom stereocenters. The van der Waals surface area contributed by atoms with Crippen molar-refractivity contribution in [1.82, 2.24) is 5.32 Å². The highest BCUT2D eigenvalue weighted by molar-refractivity contribution is 6.04. The van der Waals surface area contributed by atoms with Crippen molar-refractivity contribution in [3.63, 3.8) is 0 Å². The number of hydrogen-bond acceptors (Lipinski definition) is 5. The molecule has 2 rings (SSSR count). The summed E-state index contributed by atoms with van der Waals surface area (Å²) in [6, 6.07) is 11.0. The molecule has 0 bridgehead atoms. The van der Waals surface area contributed by atoms with Crippen molar-refractivity contribution in [1.29, 1.82) is 0 Å². The van der Waals surface area contributed by atoms with Crippen molar-refractivity contribution < 1.29 is 14.7 Å². The van der Waals surface area contributed by atoms with Crippen molar-refractivity contribution in [2.75, 3.05) is 0 Å². The van der Waals surface area contributed by atoms with Gasteiger partial charge in [-0.25, -0.2) is 0 Å². The smallest absolute Gasteiger partial charge is 0.257 e. The Morgan fingerprint density at radius 2 is 1.66 bits per heavy atom. The number of terminal acetylenes is 1. The number of carbonyl (C=O) groups is 2. The summed E-state index contributed by atoms with van der Waals surface area (Å²) in [5.74, 6) is 1.69. The number of nitrogens with zero attached hydrogens (tertiary/aromatic N) is 2. The first-order chi connectivity index (χ1) is 14.0. The summed E-state index contributed by atoms with van der Waals surface area (Å²) in [4.78, 5) is 24.0. The number of phenolic OH excluding ortho intramolecular Hbond substituents is 1. The number of imide groups is 1. The van der Waals surface area contributed by atoms with E-state index in [-0.39, 0.29) is 11.7 Å². The molecule has 2 aromatic rings. The maximum atomic E-state index is 12.2. The molecule has 2 N–H and O–H groups in total. The average molecular weight is 391 g/mol. The normalized spacial score (nSPS) is 10.6. The lowest BCUT2D eigenvalue weighted by Gasteiger charge is -2.04. The summed E-state index contributed by atoms with van der Waals surface area (Å²) in [5.41, 5.74) is 1.76. The SMILES string of the molecule is C#Cc1cc(N=Nc2ccc(C(=O)NC(=O)CCCCCCC)cc2)ccc1O. The second-order valence-electron chi connectivity index (χ2n) is 6.63. The summed E-state index contributed by atoms with van der Waals surface area (Å²) in [6.45, 7) is 2.14. The van der Waals surface area contributed by atoms with Gasteiger partial charge < -0.3 is 5.11 Å². The number of nitrogens with one attached hydrogen (secondary N) is 1. The Kier molecular flexibility index (Phi) is 8.58. The van der Waals surface area contributed by atoms with E-state index in [1.165, 1.54) is 12.5 Å². The number of benzene rings is 2. The summed E-state index contributed by atoms with van der Waals surface area (Å²) in [7, 11) is 0. The summed E-state index contributed by atoms with van der Waals surface area (Å²) >= 11 is 0. The van der Waals surface area contributed by atoms with Gasteiger partial charge in [0.2, 0.25) is 5.91 Å². The van der Waals surface area contributed by atoms with Crippen LogP contribution in [0.15, 0.2) is 52.7 Å². The van der Waals surface area contributed by atoms with Gasteiger partial charge in [0, 0.05) is 12.0 Å². The average Bonchev–Trinajstić information content (AvgIpc) is 2.73. The second kappa shape index (κ2) is 11.4. The fourth-order valence-corrected chi connectivity index (χ4v) is 2.65. The Morgan fingerprint density at radius 3 is 2.34 bits per heavy atom. The molecule has 0 fully saturated rings. The molecule has 0 unspecified atom stereocenters. The lowest BCUT2D eigenvalue weighted by atomic mass is 10.1. The van der Waals surface area contributed by atoms with Crippen LogP contribution < -0.4 is 5.32 Å². The molecule has 0 saturated heterocycles. The van der Waals surface area contributed by atoms with E-state index < -0.39 is 5.91 Å². The van der Waals surface area contributed by atoms with Crippen molar-refractivity contribution in [2.45, 2.75) is 45.4 Å². The maximum absolute atomic E-state index is 12.2. The highest BCUT2D eigenvalue weighted by atomic mass is 16.3. The monoisotopic (exact) mass is 391 g/mol. The molecule has 0 heterocycles. The van der Waals surface area contributed by atoms with Crippen LogP contribution in [0.25, 0.3) is 0 Å². The Morgan fingerprint density at radius 1 is 1.00 bits per heavy atom. The van der Waals surface area contributed by atoms with E-state index in [2.05, 4.69) is 28.4 Å². The lowest BCUT2D eigenvalue weighted by Crippen LogP contribution is -2.30. The number of phenols is 1. The van der Waals surface area contributed by atoms with Crippen molar-refractivity contribution >= 4 is 23.2 Å². The first-order valence-corrected chi connectivity index (χ1v) is 9.69. The molecular weight excluding hydrogens is 366 g/mol. The van der Waals surface area contributed by atoms with Crippen LogP contribution in [-0.2, 0) is 4.79 Å². The van der Waals surface area contributed by atoms with E-state index in [1.54, 1.807) is 36.4 Å². The standard InChI is InChI=1S/C23H25N3O3/c1-3-5-6-7-8-9-22(28)24-23(29)18-10-12-19(13-11-18)25-26-20-14-15-21(27)17(4-2)16-20/h2,10-16,27H,3,5-9H2,1H3,(H,24,28,29). The van der Waals surface area contributed by atoms with Gasteiger partial charge in [-0.15, -0.1) is 6.42 Å². The predicted molar refractivity (Wildman–Crippen MR) is 113 cm³/mol. The topological polar surface area (TPSA) is 91.1 Å². The number of hydrogen-bond donors (Lipinski definition) is 2. The minimum atomic E-state index is -0.427. The summed E-state index contributed by atoms with van der Waals surface area (Å²) in [6.07, 6.45) is 10.9. The molecule has 0 aliphatic rings. The fraction of sp³-hybridized carbons (Fsp3) is 0.304. The molecule has 29 heavy (non-hydrogen) atoms. The Hall–Kier alpha value is -3.46. The maximum Gasteiger partial charge on any atom is 0.257 e. The van der Waals surface area contributed by atoms with Crippen LogP contribution in [0.3, 0.4) is 0 Å². The number of carbonyl (C=O) groups excluding carboxylic acids is 2. The largest absolute Gasteiger partial charge is 0.507 e. The van der Waals surface area contributed by atoms with Gasteiger partial charge in [0.05, 0.1) is 16.9 Å². The van der Waals surface area contributed by atoms with Crippen molar-refractivity contribution in [3.05, 3.63) is 53.6 Å². The molecule has 0 saturated carbocycles. The Balaban J connectivity index is 1.88. The minimum Gasteiger partial charge on any atom is -0.507 e. The van der Waals surface area contributed by atoms with Crippen LogP contribution in [-0.4, -0.2) is 16.9 Å². The third kappa shape index (κ3) is 7.23. The van der Waals surface area contributed by atoms with Crippen LogP contribution in [0.1, 0.15) is 61.4 Å². The zero-order valence-corrected chi connectivity index (χ0v) is 16.5. The third-order valence-corrected chi connectivity index (χ3v) is 4.31. The molecule has 0 spiro atoms. The minimum absolute atomic E-state index is 0.0114. The van der Waals surface area contributed by atoms with Crippen LogP contribution in [0, 0.1) is 12.3 Å². The van der Waals surface area contributed by atoms with Gasteiger partial charge >= 0.3 is 0 Å². The Bertz CT molecular complexity index is 912. The Labute approximate surface area is 171 Å². The molecule has 6 heteroatoms. The van der Waals surface area contributed by atoms with Gasteiger partial charge in [0.25, 0.3) is 5.91 Å². The predicted octanol–water partition coefficient (Wildman–Crippen LogP) is 5.41. The van der Waals surface area contributed by atoms with E-state index >= 15 is 0 Å². The van der Waals surface area contributed by atoms with Gasteiger partial charge in [-0.2, -0.15) is 10.2 Å². The van der Waals surface area contributed by atoms with E-state index in [9.17, 15) is 14.7 Å². The quantitative estimate of drug-likeness (QED) is 0.340. The van der Waals surface area contributed by atoms with E-state index in [1.807, 2.05) is 0 Å². The molecule has 2 amide bonds. The fourth-order valence-electron chi connectivity index (χ4n) is 2.65. The molecule has 0 aliphatic heterocycles. The number of azo groups is 1. The van der Waals surface area contributed by atoms with Crippen LogP contribution in [0.2, 0.25) is 0 Å². The zero-order chi connectivity index (χ0) is 21.1. The van der Waals surface area contributed by atoms with Gasteiger partial charge in [-0.1, -0.05) is 38.5 Å². The van der Waals surface area contributed by atoms with Crippen LogP contribution >= 0.6 is 0 Å². The first kappa shape index (κ1) is 21.8. The summed E-state index contributed by atoms with van der Waals surface area (Å²) in [5, 5.41) is 20.1. The molecule has 0 aliphatic carbocycles. The molecule has 0 radical (unpaired) electrons. The lowest BCUT2D eigenvalue weighted by molar-refractivity contribution is -0.120. The molecule has 0 aromatic heterocycles. The number of aromatic hydroxyl groups is 1. The summed E-state index contributed by atoms with van der Waals surface area (Å²) < 4.78 is 0. The van der Waals surface area contributed by atoms with E-state index in [4.69, 9.17) is 6.42 Å². The van der Waals surface area contributed by atoms with E-state index in [0.717, 1.165) is 25.7 Å². The van der Waals surface area contributed by atoms with E-state index in [0.29, 0.717) is 28.9 Å². The highest BCUT2D eigenvalue weighted by Gasteiger charge is 2.10. The van der Waals surface area contributed by atoms with Crippen LogP contribution in [0.4, 0.5) is 11.4 Å². The van der Waals surface area contributed by atoms with Gasteiger partial charge in [-0.05, 0) is 48.9 Å². The zero-order valence-electron chi connectivity index (χ0n) is 16.5. The number of unbranched alkanes of at least 4 members (excludes halogenated alkanes) is 4. The van der Waals surface area contributed by atoms with Gasteiger partial charge in [-0.3, -0.25) is 14.9 Å². The molecule has 6 nitrogen and oxygen atoms in total.